The van der Waals surface area contributed by atoms with Gasteiger partial charge in [-0.25, -0.2) is 0 Å². The summed E-state index contributed by atoms with van der Waals surface area (Å²) in [5.41, 5.74) is 1.95. The van der Waals surface area contributed by atoms with Crippen molar-refractivity contribution < 1.29 is 4.79 Å². The van der Waals surface area contributed by atoms with Crippen LogP contribution in [0.15, 0.2) is 24.3 Å². The summed E-state index contributed by atoms with van der Waals surface area (Å²) in [5, 5.41) is -0.306. The number of hydrogen-bond donors (Lipinski definition) is 0. The van der Waals surface area contributed by atoms with Crippen LogP contribution in [-0.4, -0.2) is 11.2 Å². The van der Waals surface area contributed by atoms with Crippen molar-refractivity contribution in [1.29, 1.82) is 0 Å². The van der Waals surface area contributed by atoms with Crippen molar-refractivity contribution in [1.82, 2.24) is 0 Å². The fraction of sp³-hybridized carbons (Fsp3) is 0.300. The molecule has 1 nitrogen and oxygen atoms in total. The van der Waals surface area contributed by atoms with Crippen LogP contribution in [0.3, 0.4) is 0 Å². The topological polar surface area (TPSA) is 17.1 Å². The van der Waals surface area contributed by atoms with Gasteiger partial charge in [-0.3, -0.25) is 4.79 Å². The fourth-order valence-electron chi connectivity index (χ4n) is 1.56. The Balaban J connectivity index is 2.49. The van der Waals surface area contributed by atoms with E-state index >= 15 is 0 Å². The molecule has 0 spiro atoms. The first kappa shape index (κ1) is 7.81. The molecule has 62 valence electrons. The van der Waals surface area contributed by atoms with E-state index in [1.54, 1.807) is 0 Å². The van der Waals surface area contributed by atoms with Gasteiger partial charge in [-0.05, 0) is 18.4 Å². The summed E-state index contributed by atoms with van der Waals surface area (Å²) < 4.78 is 0. The van der Waals surface area contributed by atoms with Gasteiger partial charge in [0.05, 0.1) is 5.38 Å². The highest BCUT2D eigenvalue weighted by Crippen LogP contribution is 2.23. The zero-order valence-corrected chi connectivity index (χ0v) is 7.34. The minimum Gasteiger partial charge on any atom is -0.292 e. The van der Waals surface area contributed by atoms with Crippen LogP contribution in [0.2, 0.25) is 0 Å². The molecule has 0 radical (unpaired) electrons. The van der Waals surface area contributed by atoms with Crippen LogP contribution in [0.1, 0.15) is 22.3 Å². The number of fused-ring (bicyclic) bond motifs is 1. The quantitative estimate of drug-likeness (QED) is 0.561. The Morgan fingerprint density at radius 2 is 2.08 bits per heavy atom. The smallest absolute Gasteiger partial charge is 0.180 e. The number of carbonyl (C=O) groups is 1. The van der Waals surface area contributed by atoms with Crippen LogP contribution >= 0.6 is 11.6 Å². The third-order valence-electron chi connectivity index (χ3n) is 2.23. The predicted molar refractivity (Wildman–Crippen MR) is 48.7 cm³/mol. The number of Topliss-reactive ketones (excluding diaryl/α,β-unsaturated/α-hetero) is 1. The maximum Gasteiger partial charge on any atom is 0.180 e. The summed E-state index contributed by atoms with van der Waals surface area (Å²) in [4.78, 5) is 11.5. The van der Waals surface area contributed by atoms with E-state index in [1.165, 1.54) is 0 Å². The third-order valence-corrected chi connectivity index (χ3v) is 2.65. The number of hydrogen-bond acceptors (Lipinski definition) is 1. The van der Waals surface area contributed by atoms with Gasteiger partial charge in [0, 0.05) is 5.56 Å². The average molecular weight is 181 g/mol. The number of alkyl halides is 1. The summed E-state index contributed by atoms with van der Waals surface area (Å²) in [5.74, 6) is 0.0820. The average Bonchev–Trinajstić information content (AvgIpc) is 2.12. The molecule has 1 aromatic carbocycles. The van der Waals surface area contributed by atoms with Crippen molar-refractivity contribution in [2.45, 2.75) is 18.2 Å². The molecular weight excluding hydrogens is 172 g/mol. The third kappa shape index (κ3) is 1.14. The van der Waals surface area contributed by atoms with Gasteiger partial charge >= 0.3 is 0 Å². The summed E-state index contributed by atoms with van der Waals surface area (Å²) in [6.45, 7) is 0. The summed E-state index contributed by atoms with van der Waals surface area (Å²) >= 11 is 5.85. The van der Waals surface area contributed by atoms with Crippen molar-refractivity contribution in [2.75, 3.05) is 0 Å². The normalized spacial score (nSPS) is 22.1. The van der Waals surface area contributed by atoms with Gasteiger partial charge in [0.2, 0.25) is 0 Å². The van der Waals surface area contributed by atoms with Crippen LogP contribution in [0.25, 0.3) is 0 Å². The maximum absolute atomic E-state index is 11.5. The first-order valence-electron chi connectivity index (χ1n) is 4.05. The number of halogens is 1. The first-order valence-corrected chi connectivity index (χ1v) is 4.49. The van der Waals surface area contributed by atoms with E-state index in [0.717, 1.165) is 24.0 Å². The monoisotopic (exact) mass is 180 g/mol. The van der Waals surface area contributed by atoms with Crippen molar-refractivity contribution in [3.05, 3.63) is 35.4 Å². The first-order chi connectivity index (χ1) is 5.79. The largest absolute Gasteiger partial charge is 0.292 e. The van der Waals surface area contributed by atoms with Crippen molar-refractivity contribution in [3.63, 3.8) is 0 Å². The van der Waals surface area contributed by atoms with Gasteiger partial charge in [-0.2, -0.15) is 0 Å². The molecule has 0 heterocycles. The highest BCUT2D eigenvalue weighted by atomic mass is 35.5. The van der Waals surface area contributed by atoms with Gasteiger partial charge in [-0.15, -0.1) is 11.6 Å². The Morgan fingerprint density at radius 3 is 2.92 bits per heavy atom. The molecule has 0 aliphatic heterocycles. The van der Waals surface area contributed by atoms with E-state index in [9.17, 15) is 4.79 Å². The standard InChI is InChI=1S/C10H9ClO/c11-9-6-5-7-3-1-2-4-8(7)10(9)12/h1-4,9H,5-6H2/t9-/m0/s1. The summed E-state index contributed by atoms with van der Waals surface area (Å²) in [6, 6.07) is 7.69. The second-order valence-corrected chi connectivity index (χ2v) is 3.55. The lowest BCUT2D eigenvalue weighted by Crippen LogP contribution is -2.22. The molecule has 12 heavy (non-hydrogen) atoms. The molecule has 0 fully saturated rings. The molecule has 0 aromatic heterocycles. The van der Waals surface area contributed by atoms with Gasteiger partial charge in [0.1, 0.15) is 0 Å². The zero-order valence-electron chi connectivity index (χ0n) is 6.59. The minimum absolute atomic E-state index is 0.0820. The molecule has 0 saturated heterocycles. The van der Waals surface area contributed by atoms with Gasteiger partial charge in [-0.1, -0.05) is 24.3 Å². The highest BCUT2D eigenvalue weighted by molar-refractivity contribution is 6.34. The molecule has 0 N–H and O–H groups in total. The molecule has 1 aliphatic rings. The fourth-order valence-corrected chi connectivity index (χ4v) is 1.79. The highest BCUT2D eigenvalue weighted by Gasteiger charge is 2.24. The van der Waals surface area contributed by atoms with Crippen LogP contribution in [0.4, 0.5) is 0 Å². The number of benzene rings is 1. The molecule has 1 atom stereocenters. The second kappa shape index (κ2) is 2.91. The molecule has 2 heteroatoms. The van der Waals surface area contributed by atoms with E-state index in [-0.39, 0.29) is 11.2 Å². The summed E-state index contributed by atoms with van der Waals surface area (Å²) in [6.07, 6.45) is 1.70. The van der Waals surface area contributed by atoms with E-state index in [2.05, 4.69) is 0 Å². The molecule has 1 aromatic rings. The van der Waals surface area contributed by atoms with E-state index in [0.29, 0.717) is 0 Å². The Bertz CT molecular complexity index is 319. The SMILES string of the molecule is O=C1c2ccccc2CC[C@@H]1Cl. The zero-order chi connectivity index (χ0) is 8.55. The lowest BCUT2D eigenvalue weighted by atomic mass is 9.90. The van der Waals surface area contributed by atoms with Crippen LogP contribution in [0.5, 0.6) is 0 Å². The molecule has 2 rings (SSSR count). The van der Waals surface area contributed by atoms with Gasteiger partial charge in [0.15, 0.2) is 5.78 Å². The lowest BCUT2D eigenvalue weighted by molar-refractivity contribution is 0.0977. The maximum atomic E-state index is 11.5. The molecular formula is C10H9ClO. The molecule has 0 unspecified atom stereocenters. The van der Waals surface area contributed by atoms with E-state index in [1.807, 2.05) is 24.3 Å². The van der Waals surface area contributed by atoms with Crippen molar-refractivity contribution in [2.24, 2.45) is 0 Å². The van der Waals surface area contributed by atoms with Crippen LogP contribution in [0, 0.1) is 0 Å². The van der Waals surface area contributed by atoms with E-state index < -0.39 is 0 Å². The van der Waals surface area contributed by atoms with Crippen LogP contribution in [-0.2, 0) is 6.42 Å². The van der Waals surface area contributed by atoms with Gasteiger partial charge in [0.25, 0.3) is 0 Å². The molecule has 0 bridgehead atoms. The molecule has 0 saturated carbocycles. The molecule has 0 amide bonds. The number of aryl methyl sites for hydroxylation is 1. The number of rotatable bonds is 0. The van der Waals surface area contributed by atoms with Gasteiger partial charge < -0.3 is 0 Å². The minimum atomic E-state index is -0.306. The Hall–Kier alpha value is -0.820. The Kier molecular flexibility index (Phi) is 1.89. The Morgan fingerprint density at radius 1 is 1.33 bits per heavy atom. The van der Waals surface area contributed by atoms with Crippen LogP contribution < -0.4 is 0 Å². The lowest BCUT2D eigenvalue weighted by Gasteiger charge is -2.17. The molecule has 1 aliphatic carbocycles. The predicted octanol–water partition coefficient (Wildman–Crippen LogP) is 2.42. The van der Waals surface area contributed by atoms with Crippen molar-refractivity contribution >= 4 is 17.4 Å². The van der Waals surface area contributed by atoms with Crippen molar-refractivity contribution in [3.8, 4) is 0 Å². The Labute approximate surface area is 76.4 Å². The number of carbonyl (C=O) groups excluding carboxylic acids is 1. The summed E-state index contributed by atoms with van der Waals surface area (Å²) in [7, 11) is 0. The second-order valence-electron chi connectivity index (χ2n) is 3.03. The number of ketones is 1. The van der Waals surface area contributed by atoms with E-state index in [4.69, 9.17) is 11.6 Å².